The van der Waals surface area contributed by atoms with Crippen molar-refractivity contribution in [1.29, 1.82) is 0 Å². The van der Waals surface area contributed by atoms with Crippen LogP contribution in [-0.4, -0.2) is 41.3 Å². The van der Waals surface area contributed by atoms with Crippen LogP contribution in [-0.2, 0) is 4.74 Å². The number of hydrogen-bond acceptors (Lipinski definition) is 5. The summed E-state index contributed by atoms with van der Waals surface area (Å²) in [5.41, 5.74) is 7.12. The third kappa shape index (κ3) is 3.10. The molecule has 0 bridgehead atoms. The maximum absolute atomic E-state index is 5.61. The minimum absolute atomic E-state index is 0.308. The van der Waals surface area contributed by atoms with Gasteiger partial charge in [0, 0.05) is 25.4 Å². The normalized spacial score (nSPS) is 16.6. The first-order valence-corrected chi connectivity index (χ1v) is 6.06. The average molecular weight is 252 g/mol. The van der Waals surface area contributed by atoms with E-state index in [9.17, 15) is 0 Å². The molecule has 0 aliphatic carbocycles. The highest BCUT2D eigenvalue weighted by atomic mass is 32.1. The fraction of sp³-hybridized carbons (Fsp3) is 0.545. The van der Waals surface area contributed by atoms with Crippen LogP contribution in [0.5, 0.6) is 0 Å². The van der Waals surface area contributed by atoms with Gasteiger partial charge in [0.15, 0.2) is 0 Å². The van der Waals surface area contributed by atoms with Crippen molar-refractivity contribution >= 4 is 23.2 Å². The van der Waals surface area contributed by atoms with Gasteiger partial charge in [0.05, 0.1) is 6.61 Å². The summed E-state index contributed by atoms with van der Waals surface area (Å²) in [4.78, 5) is 11.2. The van der Waals surface area contributed by atoms with E-state index in [4.69, 9.17) is 22.7 Å². The minimum Gasteiger partial charge on any atom is -0.388 e. The molecule has 0 spiro atoms. The maximum atomic E-state index is 5.61. The van der Waals surface area contributed by atoms with Gasteiger partial charge >= 0.3 is 0 Å². The summed E-state index contributed by atoms with van der Waals surface area (Å²) in [7, 11) is 0. The van der Waals surface area contributed by atoms with E-state index in [1.807, 2.05) is 6.92 Å². The molecule has 1 aromatic heterocycles. The smallest absolute Gasteiger partial charge is 0.226 e. The highest BCUT2D eigenvalue weighted by molar-refractivity contribution is 7.80. The lowest BCUT2D eigenvalue weighted by Crippen LogP contribution is -2.29. The molecule has 0 amide bonds. The first-order chi connectivity index (χ1) is 8.16. The zero-order valence-electron chi connectivity index (χ0n) is 9.85. The molecule has 5 nitrogen and oxygen atoms in total. The van der Waals surface area contributed by atoms with Crippen molar-refractivity contribution < 1.29 is 4.74 Å². The molecule has 2 heterocycles. The van der Waals surface area contributed by atoms with Gasteiger partial charge in [-0.15, -0.1) is 0 Å². The molecule has 1 saturated heterocycles. The van der Waals surface area contributed by atoms with Gasteiger partial charge in [-0.2, -0.15) is 0 Å². The summed E-state index contributed by atoms with van der Waals surface area (Å²) in [6.07, 6.45) is 0.986. The third-order valence-corrected chi connectivity index (χ3v) is 2.81. The van der Waals surface area contributed by atoms with Crippen LogP contribution < -0.4 is 10.6 Å². The maximum Gasteiger partial charge on any atom is 0.226 e. The molecular weight excluding hydrogens is 236 g/mol. The summed E-state index contributed by atoms with van der Waals surface area (Å²) in [5, 5.41) is 0. The Morgan fingerprint density at radius 3 is 3.00 bits per heavy atom. The molecule has 1 aliphatic heterocycles. The summed E-state index contributed by atoms with van der Waals surface area (Å²) in [5.74, 6) is 0.693. The van der Waals surface area contributed by atoms with Crippen LogP contribution in [0.25, 0.3) is 0 Å². The zero-order valence-corrected chi connectivity index (χ0v) is 10.7. The van der Waals surface area contributed by atoms with Gasteiger partial charge in [0.25, 0.3) is 0 Å². The molecule has 92 valence electrons. The predicted molar refractivity (Wildman–Crippen MR) is 70.3 cm³/mol. The number of nitrogens with zero attached hydrogens (tertiary/aromatic N) is 3. The molecule has 0 aromatic carbocycles. The molecule has 0 unspecified atom stereocenters. The van der Waals surface area contributed by atoms with Crippen LogP contribution in [0, 0.1) is 6.92 Å². The third-order valence-electron chi connectivity index (χ3n) is 2.60. The molecule has 6 heteroatoms. The quantitative estimate of drug-likeness (QED) is 0.780. The van der Waals surface area contributed by atoms with E-state index in [0.29, 0.717) is 23.2 Å². The molecule has 17 heavy (non-hydrogen) atoms. The second-order valence-corrected chi connectivity index (χ2v) is 4.45. The molecule has 2 N–H and O–H groups in total. The Morgan fingerprint density at radius 2 is 2.24 bits per heavy atom. The van der Waals surface area contributed by atoms with Gasteiger partial charge in [-0.1, -0.05) is 12.2 Å². The van der Waals surface area contributed by atoms with Crippen LogP contribution in [0.4, 0.5) is 5.95 Å². The van der Waals surface area contributed by atoms with Crippen molar-refractivity contribution in [2.45, 2.75) is 13.3 Å². The van der Waals surface area contributed by atoms with Crippen LogP contribution in [0.1, 0.15) is 17.8 Å². The highest BCUT2D eigenvalue weighted by Gasteiger charge is 2.14. The van der Waals surface area contributed by atoms with Crippen LogP contribution in [0.3, 0.4) is 0 Å². The Balaban J connectivity index is 2.27. The van der Waals surface area contributed by atoms with Crippen molar-refractivity contribution in [1.82, 2.24) is 9.97 Å². The fourth-order valence-corrected chi connectivity index (χ4v) is 1.87. The van der Waals surface area contributed by atoms with Gasteiger partial charge in [0.2, 0.25) is 5.95 Å². The van der Waals surface area contributed by atoms with E-state index < -0.39 is 0 Å². The van der Waals surface area contributed by atoms with Gasteiger partial charge in [-0.25, -0.2) is 9.97 Å². The number of hydrogen-bond donors (Lipinski definition) is 1. The predicted octanol–water partition coefficient (Wildman–Crippen LogP) is 0.646. The van der Waals surface area contributed by atoms with Gasteiger partial charge < -0.3 is 15.4 Å². The molecule has 0 radical (unpaired) electrons. The lowest BCUT2D eigenvalue weighted by atomic mass is 10.3. The van der Waals surface area contributed by atoms with E-state index in [0.717, 1.165) is 31.8 Å². The minimum atomic E-state index is 0.308. The Morgan fingerprint density at radius 1 is 1.41 bits per heavy atom. The Labute approximate surface area is 106 Å². The molecule has 1 fully saturated rings. The summed E-state index contributed by atoms with van der Waals surface area (Å²) in [6, 6.07) is 1.81. The Kier molecular flexibility index (Phi) is 3.86. The number of anilines is 1. The molecule has 1 aliphatic rings. The van der Waals surface area contributed by atoms with Crippen molar-refractivity contribution in [3.05, 3.63) is 17.5 Å². The summed E-state index contributed by atoms with van der Waals surface area (Å²) in [6.45, 7) is 5.13. The lowest BCUT2D eigenvalue weighted by Gasteiger charge is -2.20. The lowest BCUT2D eigenvalue weighted by molar-refractivity contribution is 0.152. The summed E-state index contributed by atoms with van der Waals surface area (Å²) < 4.78 is 5.41. The molecule has 1 aromatic rings. The number of thiocarbonyl (C=S) groups is 1. The highest BCUT2D eigenvalue weighted by Crippen LogP contribution is 2.12. The monoisotopic (exact) mass is 252 g/mol. The van der Waals surface area contributed by atoms with Gasteiger partial charge in [-0.05, 0) is 19.4 Å². The standard InChI is InChI=1S/C11H16N4OS/c1-8-7-9(10(12)17)14-11(13-8)15-3-2-5-16-6-4-15/h7H,2-6H2,1H3,(H2,12,17). The second kappa shape index (κ2) is 5.37. The molecular formula is C11H16N4OS. The summed E-state index contributed by atoms with van der Waals surface area (Å²) >= 11 is 4.95. The Bertz CT molecular complexity index is 416. The average Bonchev–Trinajstić information content (AvgIpc) is 2.56. The van der Waals surface area contributed by atoms with Crippen molar-refractivity contribution in [3.63, 3.8) is 0 Å². The number of aryl methyl sites for hydroxylation is 1. The second-order valence-electron chi connectivity index (χ2n) is 4.01. The van der Waals surface area contributed by atoms with E-state index in [-0.39, 0.29) is 0 Å². The van der Waals surface area contributed by atoms with Crippen LogP contribution in [0.15, 0.2) is 6.07 Å². The topological polar surface area (TPSA) is 64.3 Å². The number of nitrogens with two attached hydrogens (primary N) is 1. The number of ether oxygens (including phenoxy) is 1. The van der Waals surface area contributed by atoms with Crippen molar-refractivity contribution in [3.8, 4) is 0 Å². The van der Waals surface area contributed by atoms with Gasteiger partial charge in [-0.3, -0.25) is 0 Å². The van der Waals surface area contributed by atoms with Crippen LogP contribution in [0.2, 0.25) is 0 Å². The largest absolute Gasteiger partial charge is 0.388 e. The molecule has 0 saturated carbocycles. The molecule has 0 atom stereocenters. The zero-order chi connectivity index (χ0) is 12.3. The fourth-order valence-electron chi connectivity index (χ4n) is 1.77. The Hall–Kier alpha value is -1.27. The van der Waals surface area contributed by atoms with E-state index >= 15 is 0 Å². The number of aromatic nitrogens is 2. The number of rotatable bonds is 2. The van der Waals surface area contributed by atoms with Gasteiger partial charge in [0.1, 0.15) is 10.7 Å². The van der Waals surface area contributed by atoms with E-state index in [1.165, 1.54) is 0 Å². The van der Waals surface area contributed by atoms with E-state index in [1.54, 1.807) is 6.07 Å². The molecule has 2 rings (SSSR count). The van der Waals surface area contributed by atoms with Crippen LogP contribution >= 0.6 is 12.2 Å². The first kappa shape index (κ1) is 12.2. The van der Waals surface area contributed by atoms with Crippen molar-refractivity contribution in [2.24, 2.45) is 5.73 Å². The first-order valence-electron chi connectivity index (χ1n) is 5.65. The van der Waals surface area contributed by atoms with E-state index in [2.05, 4.69) is 14.9 Å². The van der Waals surface area contributed by atoms with Crippen molar-refractivity contribution in [2.75, 3.05) is 31.2 Å². The SMILES string of the molecule is Cc1cc(C(N)=S)nc(N2CCCOCC2)n1.